The van der Waals surface area contributed by atoms with Gasteiger partial charge >= 0.3 is 0 Å². The number of rotatable bonds is 4. The first-order valence-corrected chi connectivity index (χ1v) is 7.07. The predicted octanol–water partition coefficient (Wildman–Crippen LogP) is 2.46. The summed E-state index contributed by atoms with van der Waals surface area (Å²) >= 11 is 0. The highest BCUT2D eigenvalue weighted by molar-refractivity contribution is 5.55. The van der Waals surface area contributed by atoms with E-state index in [1.807, 2.05) is 19.9 Å². The molecule has 0 aromatic heterocycles. The lowest BCUT2D eigenvalue weighted by Crippen LogP contribution is -2.39. The number of β-amino-alcohol motifs (C(OH)–C–C–N with tert-alkyl or cyclic N) is 1. The zero-order valence-corrected chi connectivity index (χ0v) is 11.7. The molecule has 2 N–H and O–H groups in total. The minimum absolute atomic E-state index is 0.106. The molecule has 106 valence electrons. The molecule has 1 heterocycles. The van der Waals surface area contributed by atoms with Gasteiger partial charge in [-0.1, -0.05) is 6.92 Å². The Morgan fingerprint density at radius 1 is 1.53 bits per heavy atom. The van der Waals surface area contributed by atoms with Gasteiger partial charge in [0.1, 0.15) is 5.82 Å². The second kappa shape index (κ2) is 6.35. The van der Waals surface area contributed by atoms with Gasteiger partial charge in [-0.3, -0.25) is 0 Å². The van der Waals surface area contributed by atoms with Crippen molar-refractivity contribution in [1.82, 2.24) is 5.32 Å². The molecule has 3 nitrogen and oxygen atoms in total. The van der Waals surface area contributed by atoms with Gasteiger partial charge in [-0.05, 0) is 50.1 Å². The van der Waals surface area contributed by atoms with Crippen molar-refractivity contribution < 1.29 is 9.50 Å². The maximum Gasteiger partial charge on any atom is 0.123 e. The summed E-state index contributed by atoms with van der Waals surface area (Å²) in [6, 6.07) is 5.04. The molecule has 1 fully saturated rings. The van der Waals surface area contributed by atoms with Crippen molar-refractivity contribution in [3.63, 3.8) is 0 Å². The highest BCUT2D eigenvalue weighted by Crippen LogP contribution is 2.29. The predicted molar refractivity (Wildman–Crippen MR) is 75.9 cm³/mol. The van der Waals surface area contributed by atoms with Gasteiger partial charge < -0.3 is 15.3 Å². The van der Waals surface area contributed by atoms with Gasteiger partial charge in [-0.15, -0.1) is 0 Å². The van der Waals surface area contributed by atoms with E-state index in [-0.39, 0.29) is 18.0 Å². The molecule has 4 heteroatoms. The summed E-state index contributed by atoms with van der Waals surface area (Å²) in [6.07, 6.45) is 1.56. The molecule has 1 saturated heterocycles. The maximum atomic E-state index is 13.5. The smallest absolute Gasteiger partial charge is 0.123 e. The summed E-state index contributed by atoms with van der Waals surface area (Å²) in [5.41, 5.74) is 2.00. The third kappa shape index (κ3) is 3.45. The molecular weight excluding hydrogens is 243 g/mol. The second-order valence-corrected chi connectivity index (χ2v) is 5.22. The summed E-state index contributed by atoms with van der Waals surface area (Å²) in [4.78, 5) is 2.16. The maximum absolute atomic E-state index is 13.5. The van der Waals surface area contributed by atoms with Crippen LogP contribution in [-0.2, 0) is 0 Å². The number of nitrogens with zero attached hydrogens (tertiary/aromatic N) is 1. The molecule has 1 aromatic rings. The largest absolute Gasteiger partial charge is 0.391 e. The fourth-order valence-electron chi connectivity index (χ4n) is 2.75. The SMILES string of the molecule is CCNC(C)c1cc(F)ccc1N1CCCC(O)C1. The number of benzene rings is 1. The van der Waals surface area contributed by atoms with E-state index in [2.05, 4.69) is 10.2 Å². The van der Waals surface area contributed by atoms with Crippen molar-refractivity contribution in [3.8, 4) is 0 Å². The van der Waals surface area contributed by atoms with E-state index < -0.39 is 0 Å². The highest BCUT2D eigenvalue weighted by atomic mass is 19.1. The van der Waals surface area contributed by atoms with Crippen LogP contribution in [0.1, 0.15) is 38.3 Å². The van der Waals surface area contributed by atoms with Crippen LogP contribution < -0.4 is 10.2 Å². The molecule has 1 aliphatic heterocycles. The van der Waals surface area contributed by atoms with E-state index in [9.17, 15) is 9.50 Å². The Morgan fingerprint density at radius 2 is 2.32 bits per heavy atom. The number of anilines is 1. The molecule has 2 atom stereocenters. The molecule has 2 unspecified atom stereocenters. The number of halogens is 1. The van der Waals surface area contributed by atoms with Crippen molar-refractivity contribution >= 4 is 5.69 Å². The zero-order valence-electron chi connectivity index (χ0n) is 11.7. The lowest BCUT2D eigenvalue weighted by molar-refractivity contribution is 0.154. The van der Waals surface area contributed by atoms with Crippen molar-refractivity contribution in [3.05, 3.63) is 29.6 Å². The third-order valence-corrected chi connectivity index (χ3v) is 3.70. The first-order chi connectivity index (χ1) is 9.11. The molecular formula is C15H23FN2O. The van der Waals surface area contributed by atoms with Crippen LogP contribution in [0.25, 0.3) is 0 Å². The van der Waals surface area contributed by atoms with Crippen molar-refractivity contribution in [2.45, 2.75) is 38.8 Å². The molecule has 0 radical (unpaired) electrons. The Morgan fingerprint density at radius 3 is 3.00 bits per heavy atom. The fraction of sp³-hybridized carbons (Fsp3) is 0.600. The van der Waals surface area contributed by atoms with Gasteiger partial charge in [0.25, 0.3) is 0 Å². The average molecular weight is 266 g/mol. The van der Waals surface area contributed by atoms with Gasteiger partial charge in [-0.25, -0.2) is 4.39 Å². The summed E-state index contributed by atoms with van der Waals surface area (Å²) in [7, 11) is 0. The van der Waals surface area contributed by atoms with Gasteiger partial charge in [0.15, 0.2) is 0 Å². The summed E-state index contributed by atoms with van der Waals surface area (Å²) in [6.45, 7) is 6.49. The molecule has 1 aromatic carbocycles. The summed E-state index contributed by atoms with van der Waals surface area (Å²) < 4.78 is 13.5. The van der Waals surface area contributed by atoms with Crippen LogP contribution >= 0.6 is 0 Å². The first-order valence-electron chi connectivity index (χ1n) is 7.07. The Hall–Kier alpha value is -1.13. The minimum Gasteiger partial charge on any atom is -0.391 e. The minimum atomic E-state index is -0.277. The standard InChI is InChI=1S/C15H23FN2O/c1-3-17-11(2)14-9-12(16)6-7-15(14)18-8-4-5-13(19)10-18/h6-7,9,11,13,17,19H,3-5,8,10H2,1-2H3. The zero-order chi connectivity index (χ0) is 13.8. The van der Waals surface area contributed by atoms with Crippen LogP contribution in [0.4, 0.5) is 10.1 Å². The number of aliphatic hydroxyl groups excluding tert-OH is 1. The van der Waals surface area contributed by atoms with Gasteiger partial charge in [-0.2, -0.15) is 0 Å². The van der Waals surface area contributed by atoms with E-state index in [0.29, 0.717) is 6.54 Å². The van der Waals surface area contributed by atoms with Gasteiger partial charge in [0, 0.05) is 24.8 Å². The van der Waals surface area contributed by atoms with Crippen LogP contribution in [0.15, 0.2) is 18.2 Å². The van der Waals surface area contributed by atoms with Gasteiger partial charge in [0.2, 0.25) is 0 Å². The third-order valence-electron chi connectivity index (χ3n) is 3.70. The lowest BCUT2D eigenvalue weighted by atomic mass is 10.0. The van der Waals surface area contributed by atoms with Crippen molar-refractivity contribution in [2.75, 3.05) is 24.5 Å². The van der Waals surface area contributed by atoms with Crippen LogP contribution in [-0.4, -0.2) is 30.8 Å². The van der Waals surface area contributed by atoms with Crippen LogP contribution in [0.3, 0.4) is 0 Å². The number of piperidine rings is 1. The first kappa shape index (κ1) is 14.3. The molecule has 0 spiro atoms. The molecule has 0 aliphatic carbocycles. The van der Waals surface area contributed by atoms with Crippen LogP contribution in [0.5, 0.6) is 0 Å². The average Bonchev–Trinajstić information content (AvgIpc) is 2.39. The molecule has 2 rings (SSSR count). The Balaban J connectivity index is 2.27. The fourth-order valence-corrected chi connectivity index (χ4v) is 2.75. The van der Waals surface area contributed by atoms with E-state index in [1.54, 1.807) is 6.07 Å². The number of aliphatic hydroxyl groups is 1. The topological polar surface area (TPSA) is 35.5 Å². The highest BCUT2D eigenvalue weighted by Gasteiger charge is 2.21. The van der Waals surface area contributed by atoms with E-state index in [0.717, 1.165) is 37.2 Å². The van der Waals surface area contributed by atoms with E-state index >= 15 is 0 Å². The molecule has 0 bridgehead atoms. The Labute approximate surface area is 114 Å². The lowest BCUT2D eigenvalue weighted by Gasteiger charge is -2.34. The molecule has 0 saturated carbocycles. The van der Waals surface area contributed by atoms with Crippen molar-refractivity contribution in [1.29, 1.82) is 0 Å². The summed E-state index contributed by atoms with van der Waals surface area (Å²) in [5.74, 6) is -0.207. The monoisotopic (exact) mass is 266 g/mol. The number of nitrogens with one attached hydrogen (secondary N) is 1. The molecule has 1 aliphatic rings. The molecule has 0 amide bonds. The number of hydrogen-bond donors (Lipinski definition) is 2. The Bertz CT molecular complexity index is 425. The van der Waals surface area contributed by atoms with Crippen LogP contribution in [0, 0.1) is 5.82 Å². The second-order valence-electron chi connectivity index (χ2n) is 5.22. The van der Waals surface area contributed by atoms with Crippen LogP contribution in [0.2, 0.25) is 0 Å². The Kier molecular flexibility index (Phi) is 4.77. The van der Waals surface area contributed by atoms with E-state index in [1.165, 1.54) is 6.07 Å². The van der Waals surface area contributed by atoms with Crippen molar-refractivity contribution in [2.24, 2.45) is 0 Å². The normalized spacial score (nSPS) is 21.5. The van der Waals surface area contributed by atoms with Gasteiger partial charge in [0.05, 0.1) is 6.10 Å². The molecule has 19 heavy (non-hydrogen) atoms. The summed E-state index contributed by atoms with van der Waals surface area (Å²) in [5, 5.41) is 13.1. The number of hydrogen-bond acceptors (Lipinski definition) is 3. The van der Waals surface area contributed by atoms with E-state index in [4.69, 9.17) is 0 Å². The quantitative estimate of drug-likeness (QED) is 0.878.